The number of esters is 1. The van der Waals surface area contributed by atoms with Crippen LogP contribution in [0.1, 0.15) is 13.3 Å². The molecular weight excluding hydrogens is 384 g/mol. The van der Waals surface area contributed by atoms with Crippen molar-refractivity contribution in [1.29, 1.82) is 0 Å². The molecule has 19 heavy (non-hydrogen) atoms. The predicted octanol–water partition coefficient (Wildman–Crippen LogP) is -1.74. The van der Waals surface area contributed by atoms with Gasteiger partial charge in [0.05, 0.1) is 27.1 Å². The van der Waals surface area contributed by atoms with Crippen LogP contribution in [-0.4, -0.2) is 63.6 Å². The Labute approximate surface area is 131 Å². The minimum atomic E-state index is -3.06. The van der Waals surface area contributed by atoms with Crippen molar-refractivity contribution >= 4 is 13.6 Å². The van der Waals surface area contributed by atoms with Gasteiger partial charge < -0.3 is 37.7 Å². The van der Waals surface area contributed by atoms with Gasteiger partial charge in [-0.25, -0.2) is 0 Å². The number of carbonyl (C=O) groups is 1. The summed E-state index contributed by atoms with van der Waals surface area (Å²) in [4.78, 5) is 11.5. The third kappa shape index (κ3) is 7.60. The minimum absolute atomic E-state index is 0. The summed E-state index contributed by atoms with van der Waals surface area (Å²) in [5.74, 6) is -0.330. The van der Waals surface area contributed by atoms with Gasteiger partial charge in [0.15, 0.2) is 0 Å². The van der Waals surface area contributed by atoms with Crippen molar-refractivity contribution in [3.8, 4) is 0 Å². The molecule has 1 saturated heterocycles. The topological polar surface area (TPSA) is 61.8 Å². The van der Waals surface area contributed by atoms with Crippen LogP contribution in [0, 0.1) is 0 Å². The SMILES string of the molecule is CCOC(=O)C[C@@H]1C[N+](C)(C)CCO[P@@](C)(=O)O1.[I-]. The Hall–Kier alpha value is 0.310. The van der Waals surface area contributed by atoms with Gasteiger partial charge in [-0.2, -0.15) is 0 Å². The standard InChI is InChI=1S/C11H23NO5P.HI/c1-5-15-11(13)8-10-9-12(2,3)6-7-16-18(4,14)17-10;/h10H,5-9H2,1-4H3;1H/q+1;/p-1/t10-,18-;/m1./s1. The Balaban J connectivity index is 0.00000324. The maximum Gasteiger partial charge on any atom is 0.328 e. The lowest BCUT2D eigenvalue weighted by atomic mass is 10.2. The normalized spacial score (nSPS) is 30.6. The summed E-state index contributed by atoms with van der Waals surface area (Å²) in [5.41, 5.74) is 0. The van der Waals surface area contributed by atoms with Crippen LogP contribution in [0.4, 0.5) is 0 Å². The second kappa shape index (κ2) is 7.93. The summed E-state index contributed by atoms with van der Waals surface area (Å²) < 4.78 is 28.2. The molecule has 0 aromatic rings. The fourth-order valence-electron chi connectivity index (χ4n) is 1.94. The van der Waals surface area contributed by atoms with Crippen LogP contribution in [-0.2, 0) is 23.1 Å². The third-order valence-electron chi connectivity index (χ3n) is 2.76. The molecule has 1 heterocycles. The zero-order valence-electron chi connectivity index (χ0n) is 11.9. The average Bonchev–Trinajstić information content (AvgIpc) is 2.13. The summed E-state index contributed by atoms with van der Waals surface area (Å²) >= 11 is 0. The van der Waals surface area contributed by atoms with E-state index in [0.717, 1.165) is 6.54 Å². The van der Waals surface area contributed by atoms with E-state index in [0.29, 0.717) is 24.2 Å². The van der Waals surface area contributed by atoms with Crippen LogP contribution >= 0.6 is 7.60 Å². The molecule has 8 heteroatoms. The van der Waals surface area contributed by atoms with E-state index in [1.54, 1.807) is 6.92 Å². The number of nitrogens with zero attached hydrogens (tertiary/aromatic N) is 1. The van der Waals surface area contributed by atoms with Gasteiger partial charge >= 0.3 is 13.6 Å². The number of hydrogen-bond acceptors (Lipinski definition) is 5. The van der Waals surface area contributed by atoms with Crippen molar-refractivity contribution < 1.29 is 51.6 Å². The number of quaternary nitrogens is 1. The van der Waals surface area contributed by atoms with E-state index in [4.69, 9.17) is 13.8 Å². The summed E-state index contributed by atoms with van der Waals surface area (Å²) in [7, 11) is 0.986. The quantitative estimate of drug-likeness (QED) is 0.241. The number of carbonyl (C=O) groups excluding carboxylic acids is 1. The molecule has 1 fully saturated rings. The second-order valence-corrected chi connectivity index (χ2v) is 7.19. The molecule has 0 unspecified atom stereocenters. The number of likely N-dealkylation sites (N-methyl/N-ethyl adjacent to an activating group) is 1. The van der Waals surface area contributed by atoms with Gasteiger partial charge in [0.25, 0.3) is 0 Å². The van der Waals surface area contributed by atoms with E-state index >= 15 is 0 Å². The molecule has 1 aliphatic heterocycles. The fraction of sp³-hybridized carbons (Fsp3) is 0.909. The summed E-state index contributed by atoms with van der Waals surface area (Å²) in [5, 5.41) is 0. The van der Waals surface area contributed by atoms with Crippen LogP contribution in [0.2, 0.25) is 0 Å². The Bertz CT molecular complexity index is 350. The molecular formula is C11H23INO5P. The van der Waals surface area contributed by atoms with Gasteiger partial charge in [-0.1, -0.05) is 0 Å². The van der Waals surface area contributed by atoms with E-state index in [9.17, 15) is 9.36 Å². The van der Waals surface area contributed by atoms with Gasteiger partial charge in [-0.3, -0.25) is 13.9 Å². The first-order valence-corrected chi connectivity index (χ1v) is 8.11. The van der Waals surface area contributed by atoms with Crippen molar-refractivity contribution in [2.75, 3.05) is 47.1 Å². The zero-order valence-corrected chi connectivity index (χ0v) is 15.0. The smallest absolute Gasteiger partial charge is 0.328 e. The van der Waals surface area contributed by atoms with E-state index in [1.807, 2.05) is 14.1 Å². The molecule has 0 amide bonds. The van der Waals surface area contributed by atoms with E-state index < -0.39 is 13.7 Å². The summed E-state index contributed by atoms with van der Waals surface area (Å²) in [6.07, 6.45) is -0.327. The molecule has 0 aromatic carbocycles. The van der Waals surface area contributed by atoms with Crippen LogP contribution in [0.25, 0.3) is 0 Å². The zero-order chi connectivity index (χ0) is 13.8. The van der Waals surface area contributed by atoms with Crippen LogP contribution < -0.4 is 24.0 Å². The molecule has 0 radical (unpaired) electrons. The maximum absolute atomic E-state index is 12.0. The van der Waals surface area contributed by atoms with Crippen molar-refractivity contribution in [1.82, 2.24) is 0 Å². The molecule has 0 aromatic heterocycles. The molecule has 0 bridgehead atoms. The number of ether oxygens (including phenoxy) is 1. The van der Waals surface area contributed by atoms with Crippen LogP contribution in [0.15, 0.2) is 0 Å². The highest BCUT2D eigenvalue weighted by molar-refractivity contribution is 7.53. The highest BCUT2D eigenvalue weighted by Gasteiger charge is 2.34. The highest BCUT2D eigenvalue weighted by atomic mass is 127. The van der Waals surface area contributed by atoms with Gasteiger partial charge in [0.2, 0.25) is 0 Å². The monoisotopic (exact) mass is 407 g/mol. The lowest BCUT2D eigenvalue weighted by Gasteiger charge is -2.36. The summed E-state index contributed by atoms with van der Waals surface area (Å²) in [6.45, 7) is 5.28. The first-order chi connectivity index (χ1) is 8.24. The lowest BCUT2D eigenvalue weighted by Crippen LogP contribution is -3.00. The molecule has 1 rings (SSSR count). The van der Waals surface area contributed by atoms with Gasteiger partial charge in [-0.15, -0.1) is 0 Å². The third-order valence-corrected chi connectivity index (χ3v) is 4.09. The Morgan fingerprint density at radius 1 is 1.47 bits per heavy atom. The van der Waals surface area contributed by atoms with Crippen molar-refractivity contribution in [3.63, 3.8) is 0 Å². The molecule has 2 atom stereocenters. The Morgan fingerprint density at radius 2 is 2.11 bits per heavy atom. The largest absolute Gasteiger partial charge is 1.00 e. The maximum atomic E-state index is 12.0. The van der Waals surface area contributed by atoms with Crippen molar-refractivity contribution in [3.05, 3.63) is 0 Å². The molecule has 114 valence electrons. The number of halogens is 1. The average molecular weight is 407 g/mol. The molecule has 0 saturated carbocycles. The second-order valence-electron chi connectivity index (χ2n) is 5.18. The molecule has 6 nitrogen and oxygen atoms in total. The minimum Gasteiger partial charge on any atom is -1.00 e. The molecule has 0 N–H and O–H groups in total. The van der Waals surface area contributed by atoms with Crippen LogP contribution in [0.5, 0.6) is 0 Å². The molecule has 0 spiro atoms. The van der Waals surface area contributed by atoms with Gasteiger partial charge in [0, 0.05) is 6.66 Å². The highest BCUT2D eigenvalue weighted by Crippen LogP contribution is 2.46. The number of hydrogen-bond donors (Lipinski definition) is 0. The molecule has 0 aliphatic carbocycles. The van der Waals surface area contributed by atoms with E-state index in [-0.39, 0.29) is 36.4 Å². The lowest BCUT2D eigenvalue weighted by molar-refractivity contribution is -0.893. The van der Waals surface area contributed by atoms with Crippen molar-refractivity contribution in [2.24, 2.45) is 0 Å². The van der Waals surface area contributed by atoms with E-state index in [1.165, 1.54) is 6.66 Å². The first kappa shape index (κ1) is 19.3. The van der Waals surface area contributed by atoms with Crippen molar-refractivity contribution in [2.45, 2.75) is 19.4 Å². The Kier molecular flexibility index (Phi) is 8.06. The van der Waals surface area contributed by atoms with Crippen LogP contribution in [0.3, 0.4) is 0 Å². The summed E-state index contributed by atoms with van der Waals surface area (Å²) in [6, 6.07) is 0. The predicted molar refractivity (Wildman–Crippen MR) is 67.4 cm³/mol. The molecule has 1 aliphatic rings. The first-order valence-electron chi connectivity index (χ1n) is 6.12. The number of rotatable bonds is 3. The fourth-order valence-corrected chi connectivity index (χ4v) is 3.10. The van der Waals surface area contributed by atoms with Gasteiger partial charge in [-0.05, 0) is 6.92 Å². The van der Waals surface area contributed by atoms with E-state index in [2.05, 4.69) is 0 Å². The Morgan fingerprint density at radius 3 is 2.68 bits per heavy atom. The van der Waals surface area contributed by atoms with Gasteiger partial charge in [0.1, 0.15) is 25.8 Å².